The zero-order chi connectivity index (χ0) is 18.4. The van der Waals surface area contributed by atoms with Crippen LogP contribution in [0.4, 0.5) is 13.2 Å². The van der Waals surface area contributed by atoms with E-state index in [1.807, 2.05) is 4.57 Å². The van der Waals surface area contributed by atoms with Crippen LogP contribution in [0, 0.1) is 6.92 Å². The van der Waals surface area contributed by atoms with E-state index in [0.29, 0.717) is 42.8 Å². The number of nitrogens with zero attached hydrogens (tertiary/aromatic N) is 3. The molecule has 1 saturated heterocycles. The number of likely N-dealkylation sites (tertiary alicyclic amines) is 1. The Balaban J connectivity index is 1.86. The molecule has 0 bridgehead atoms. The van der Waals surface area contributed by atoms with Crippen molar-refractivity contribution in [2.24, 2.45) is 0 Å². The Morgan fingerprint density at radius 3 is 2.52 bits per heavy atom. The fourth-order valence-corrected chi connectivity index (χ4v) is 3.47. The van der Waals surface area contributed by atoms with Gasteiger partial charge in [-0.25, -0.2) is 4.98 Å². The van der Waals surface area contributed by atoms with Gasteiger partial charge in [0.25, 0.3) is 5.91 Å². The number of fused-ring (bicyclic) bond motifs is 1. The number of hydrogen-bond donors (Lipinski definition) is 0. The van der Waals surface area contributed by atoms with E-state index < -0.39 is 11.7 Å². The third-order valence-electron chi connectivity index (χ3n) is 4.54. The molecule has 3 rings (SSSR count). The summed E-state index contributed by atoms with van der Waals surface area (Å²) in [6.07, 6.45) is -3.02. The molecule has 1 amide bonds. The number of hydrogen-bond acceptors (Lipinski definition) is 2. The number of alkyl halides is 3. The van der Waals surface area contributed by atoms with E-state index in [1.165, 1.54) is 6.07 Å². The number of aryl methyl sites for hydroxylation is 1. The van der Waals surface area contributed by atoms with Crippen molar-refractivity contribution in [3.05, 3.63) is 41.2 Å². The van der Waals surface area contributed by atoms with Gasteiger partial charge in [-0.2, -0.15) is 13.2 Å². The molecule has 0 unspecified atom stereocenters. The lowest BCUT2D eigenvalue weighted by atomic mass is 10.0. The summed E-state index contributed by atoms with van der Waals surface area (Å²) >= 11 is 5.66. The molecule has 0 N–H and O–H groups in total. The van der Waals surface area contributed by atoms with Gasteiger partial charge < -0.3 is 9.47 Å². The molecule has 0 atom stereocenters. The van der Waals surface area contributed by atoms with Crippen molar-refractivity contribution in [2.75, 3.05) is 13.1 Å². The minimum atomic E-state index is -4.39. The monoisotopic (exact) mass is 371 g/mol. The standard InChI is InChI=1S/C17H17ClF3N3O/c1-10(18)16(25)23-7-5-13(6-8-23)24-11(2)22-14-9-12(17(19,20)21)3-4-15(14)24/h3-4,9,13H,1,5-8H2,2H3. The first-order valence-corrected chi connectivity index (χ1v) is 8.25. The van der Waals surface area contributed by atoms with Gasteiger partial charge in [-0.1, -0.05) is 18.2 Å². The van der Waals surface area contributed by atoms with E-state index in [9.17, 15) is 18.0 Å². The number of benzene rings is 1. The van der Waals surface area contributed by atoms with E-state index in [0.717, 1.165) is 12.1 Å². The molecule has 2 aromatic rings. The van der Waals surface area contributed by atoms with Crippen molar-refractivity contribution in [1.82, 2.24) is 14.5 Å². The summed E-state index contributed by atoms with van der Waals surface area (Å²) < 4.78 is 40.6. The number of imidazole rings is 1. The second kappa shape index (κ2) is 6.37. The van der Waals surface area contributed by atoms with Gasteiger partial charge in [0.15, 0.2) is 0 Å². The molecule has 8 heteroatoms. The highest BCUT2D eigenvalue weighted by Gasteiger charge is 2.32. The normalized spacial score (nSPS) is 16.4. The van der Waals surface area contributed by atoms with Crippen LogP contribution in [-0.2, 0) is 11.0 Å². The van der Waals surface area contributed by atoms with Crippen LogP contribution in [0.2, 0.25) is 0 Å². The number of piperidine rings is 1. The SMILES string of the molecule is C=C(Cl)C(=O)N1CCC(n2c(C)nc3cc(C(F)(F)F)ccc32)CC1. The summed E-state index contributed by atoms with van der Waals surface area (Å²) in [5.41, 5.74) is 0.308. The number of carbonyl (C=O) groups excluding carboxylic acids is 1. The van der Waals surface area contributed by atoms with Gasteiger partial charge in [0.05, 0.1) is 21.6 Å². The van der Waals surface area contributed by atoms with Crippen LogP contribution in [0.25, 0.3) is 11.0 Å². The van der Waals surface area contributed by atoms with Crippen LogP contribution in [0.3, 0.4) is 0 Å². The lowest BCUT2D eigenvalue weighted by Crippen LogP contribution is -2.39. The fraction of sp³-hybridized carbons (Fsp3) is 0.412. The van der Waals surface area contributed by atoms with Gasteiger partial charge in [-0.15, -0.1) is 0 Å². The third kappa shape index (κ3) is 3.38. The van der Waals surface area contributed by atoms with E-state index in [4.69, 9.17) is 11.6 Å². The van der Waals surface area contributed by atoms with Crippen LogP contribution < -0.4 is 0 Å². The first-order valence-electron chi connectivity index (χ1n) is 7.88. The second-order valence-corrected chi connectivity index (χ2v) is 6.61. The van der Waals surface area contributed by atoms with E-state index >= 15 is 0 Å². The third-order valence-corrected chi connectivity index (χ3v) is 4.70. The minimum Gasteiger partial charge on any atom is -0.338 e. The molecule has 1 aromatic carbocycles. The summed E-state index contributed by atoms with van der Waals surface area (Å²) in [7, 11) is 0. The average Bonchev–Trinajstić information content (AvgIpc) is 2.88. The first-order chi connectivity index (χ1) is 11.7. The number of aromatic nitrogens is 2. The molecule has 1 aliphatic heterocycles. The van der Waals surface area contributed by atoms with Crippen molar-refractivity contribution in [2.45, 2.75) is 32.0 Å². The molecule has 1 fully saturated rings. The van der Waals surface area contributed by atoms with Crippen molar-refractivity contribution >= 4 is 28.5 Å². The van der Waals surface area contributed by atoms with Crippen LogP contribution in [0.1, 0.15) is 30.3 Å². The molecule has 4 nitrogen and oxygen atoms in total. The highest BCUT2D eigenvalue weighted by molar-refractivity contribution is 6.41. The maximum absolute atomic E-state index is 12.9. The lowest BCUT2D eigenvalue weighted by Gasteiger charge is -2.33. The van der Waals surface area contributed by atoms with E-state index in [1.54, 1.807) is 11.8 Å². The molecule has 134 valence electrons. The Morgan fingerprint density at radius 1 is 1.32 bits per heavy atom. The molecule has 0 spiro atoms. The summed E-state index contributed by atoms with van der Waals surface area (Å²) in [4.78, 5) is 17.8. The summed E-state index contributed by atoms with van der Waals surface area (Å²) in [5.74, 6) is 0.392. The topological polar surface area (TPSA) is 38.1 Å². The Hall–Kier alpha value is -2.02. The summed E-state index contributed by atoms with van der Waals surface area (Å²) in [6, 6.07) is 3.70. The molecule has 0 saturated carbocycles. The highest BCUT2D eigenvalue weighted by atomic mass is 35.5. The van der Waals surface area contributed by atoms with Crippen LogP contribution in [0.15, 0.2) is 29.8 Å². The van der Waals surface area contributed by atoms with Crippen molar-refractivity contribution in [3.63, 3.8) is 0 Å². The zero-order valence-electron chi connectivity index (χ0n) is 13.6. The van der Waals surface area contributed by atoms with Crippen LogP contribution in [-0.4, -0.2) is 33.4 Å². The van der Waals surface area contributed by atoms with Gasteiger partial charge in [-0.3, -0.25) is 4.79 Å². The Kier molecular flexibility index (Phi) is 4.53. The summed E-state index contributed by atoms with van der Waals surface area (Å²) in [6.45, 7) is 6.28. The number of carbonyl (C=O) groups is 1. The van der Waals surface area contributed by atoms with Crippen molar-refractivity contribution in [3.8, 4) is 0 Å². The maximum Gasteiger partial charge on any atom is 0.416 e. The smallest absolute Gasteiger partial charge is 0.338 e. The van der Waals surface area contributed by atoms with Gasteiger partial charge in [0.2, 0.25) is 0 Å². The quantitative estimate of drug-likeness (QED) is 0.739. The van der Waals surface area contributed by atoms with E-state index in [2.05, 4.69) is 11.6 Å². The predicted molar refractivity (Wildman–Crippen MR) is 89.3 cm³/mol. The highest BCUT2D eigenvalue weighted by Crippen LogP contribution is 2.34. The molecule has 0 radical (unpaired) electrons. The summed E-state index contributed by atoms with van der Waals surface area (Å²) in [5, 5.41) is -0.0117. The second-order valence-electron chi connectivity index (χ2n) is 6.16. The molecule has 1 aromatic heterocycles. The Labute approximate surface area is 147 Å². The lowest BCUT2D eigenvalue weighted by molar-refractivity contribution is -0.137. The number of rotatable bonds is 2. The Morgan fingerprint density at radius 2 is 1.96 bits per heavy atom. The van der Waals surface area contributed by atoms with E-state index in [-0.39, 0.29) is 17.0 Å². The van der Waals surface area contributed by atoms with Crippen LogP contribution in [0.5, 0.6) is 0 Å². The predicted octanol–water partition coefficient (Wildman–Crippen LogP) is 4.28. The van der Waals surface area contributed by atoms with Crippen molar-refractivity contribution in [1.29, 1.82) is 0 Å². The number of halogens is 4. The Bertz CT molecular complexity index is 836. The molecular formula is C17H17ClF3N3O. The molecule has 1 aliphatic rings. The zero-order valence-corrected chi connectivity index (χ0v) is 14.4. The van der Waals surface area contributed by atoms with Gasteiger partial charge in [-0.05, 0) is 38.0 Å². The van der Waals surface area contributed by atoms with Crippen LogP contribution >= 0.6 is 11.6 Å². The van der Waals surface area contributed by atoms with Crippen molar-refractivity contribution < 1.29 is 18.0 Å². The molecular weight excluding hydrogens is 355 g/mol. The maximum atomic E-state index is 12.9. The van der Waals surface area contributed by atoms with Gasteiger partial charge in [0, 0.05) is 19.1 Å². The molecule has 2 heterocycles. The number of amides is 1. The fourth-order valence-electron chi connectivity index (χ4n) is 3.36. The molecule has 0 aliphatic carbocycles. The van der Waals surface area contributed by atoms with Gasteiger partial charge >= 0.3 is 6.18 Å². The van der Waals surface area contributed by atoms with Gasteiger partial charge in [0.1, 0.15) is 5.82 Å². The minimum absolute atomic E-state index is 0.0117. The first kappa shape index (κ1) is 17.8. The molecule has 25 heavy (non-hydrogen) atoms. The average molecular weight is 372 g/mol. The largest absolute Gasteiger partial charge is 0.416 e.